The molecule has 242 valence electrons. The first kappa shape index (κ1) is 30.2. The highest BCUT2D eigenvalue weighted by molar-refractivity contribution is 6.21. The minimum atomic E-state index is 0.780. The molecule has 0 aliphatic carbocycles. The normalized spacial score (nSPS) is 12.0. The Bertz CT molecular complexity index is 2240. The van der Waals surface area contributed by atoms with E-state index in [4.69, 9.17) is 19.4 Å². The molecule has 0 atom stereocenters. The summed E-state index contributed by atoms with van der Waals surface area (Å²) in [5.41, 5.74) is 4.05. The zero-order valence-electron chi connectivity index (χ0n) is 27.5. The predicted octanol–water partition coefficient (Wildman–Crippen LogP) is 8.37. The van der Waals surface area contributed by atoms with Crippen molar-refractivity contribution in [3.63, 3.8) is 0 Å². The molecule has 48 heavy (non-hydrogen) atoms. The molecule has 8 heteroatoms. The van der Waals surface area contributed by atoms with E-state index in [0.717, 1.165) is 83.6 Å². The number of unbranched alkanes of at least 4 members (excludes halogenated alkanes) is 3. The van der Waals surface area contributed by atoms with Crippen molar-refractivity contribution in [2.45, 2.75) is 39.0 Å². The van der Waals surface area contributed by atoms with E-state index < -0.39 is 0 Å². The molecule has 2 N–H and O–H groups in total. The molecule has 4 aromatic carbocycles. The van der Waals surface area contributed by atoms with Gasteiger partial charge in [-0.25, -0.2) is 9.97 Å². The fourth-order valence-corrected chi connectivity index (χ4v) is 6.95. The molecule has 4 aromatic heterocycles. The molecule has 0 fully saturated rings. The van der Waals surface area contributed by atoms with E-state index in [1.807, 2.05) is 24.3 Å². The summed E-state index contributed by atoms with van der Waals surface area (Å²) >= 11 is 0. The van der Waals surface area contributed by atoms with Crippen LogP contribution in [-0.4, -0.2) is 46.4 Å². The van der Waals surface area contributed by atoms with Crippen LogP contribution in [-0.2, 0) is 13.3 Å². The van der Waals surface area contributed by atoms with Gasteiger partial charge >= 0.3 is 0 Å². The van der Waals surface area contributed by atoms with Crippen LogP contribution in [0.3, 0.4) is 0 Å². The fraction of sp³-hybridized carbons (Fsp3) is 0.250. The summed E-state index contributed by atoms with van der Waals surface area (Å²) in [6.45, 7) is 3.56. The second kappa shape index (κ2) is 13.1. The van der Waals surface area contributed by atoms with Gasteiger partial charge in [0, 0.05) is 57.1 Å². The molecular formula is C40H40N6O2. The van der Waals surface area contributed by atoms with Gasteiger partial charge < -0.3 is 18.6 Å². The van der Waals surface area contributed by atoms with Crippen LogP contribution in [0.15, 0.2) is 97.6 Å². The van der Waals surface area contributed by atoms with Crippen molar-refractivity contribution in [3.05, 3.63) is 97.6 Å². The number of ether oxygens (including phenoxy) is 2. The van der Waals surface area contributed by atoms with Crippen LogP contribution in [0.2, 0.25) is 0 Å². The Morgan fingerprint density at radius 2 is 0.979 bits per heavy atom. The Morgan fingerprint density at radius 1 is 0.521 bits per heavy atom. The number of fused-ring (bicyclic) bond motifs is 10. The van der Waals surface area contributed by atoms with Gasteiger partial charge in [-0.1, -0.05) is 25.0 Å². The van der Waals surface area contributed by atoms with E-state index >= 15 is 0 Å². The highest BCUT2D eigenvalue weighted by Crippen LogP contribution is 2.35. The van der Waals surface area contributed by atoms with Gasteiger partial charge in [-0.15, -0.1) is 0 Å². The first-order valence-electron chi connectivity index (χ1n) is 16.8. The SMILES string of the molecule is COc1ccc2nc3ccc4ccn(CNCCCCCCNCn5ccc6ccc7nc8ccc(OC)cc8c7c6c5)cc4c3c2c1. The number of rotatable bonds is 13. The zero-order chi connectivity index (χ0) is 32.5. The molecule has 0 aliphatic rings. The van der Waals surface area contributed by atoms with E-state index in [1.54, 1.807) is 14.2 Å². The Labute approximate surface area is 279 Å². The van der Waals surface area contributed by atoms with E-state index in [9.17, 15) is 0 Å². The highest BCUT2D eigenvalue weighted by Gasteiger charge is 2.12. The van der Waals surface area contributed by atoms with Crippen LogP contribution in [0.4, 0.5) is 0 Å². The molecule has 0 aliphatic heterocycles. The monoisotopic (exact) mass is 636 g/mol. The maximum absolute atomic E-state index is 5.49. The van der Waals surface area contributed by atoms with E-state index in [2.05, 4.69) is 93.1 Å². The molecule has 0 saturated carbocycles. The van der Waals surface area contributed by atoms with Crippen LogP contribution in [0.5, 0.6) is 11.5 Å². The minimum absolute atomic E-state index is 0.780. The second-order valence-corrected chi connectivity index (χ2v) is 12.6. The average molecular weight is 637 g/mol. The second-order valence-electron chi connectivity index (χ2n) is 12.6. The Hall–Kier alpha value is -5.18. The van der Waals surface area contributed by atoms with Crippen molar-refractivity contribution >= 4 is 65.2 Å². The molecule has 0 amide bonds. The number of hydrogen-bond donors (Lipinski definition) is 2. The maximum atomic E-state index is 5.49. The van der Waals surface area contributed by atoms with Crippen molar-refractivity contribution in [2.75, 3.05) is 27.3 Å². The number of hydrogen-bond acceptors (Lipinski definition) is 6. The smallest absolute Gasteiger partial charge is 0.119 e. The molecule has 0 spiro atoms. The van der Waals surface area contributed by atoms with Crippen molar-refractivity contribution in [2.24, 2.45) is 0 Å². The summed E-state index contributed by atoms with van der Waals surface area (Å²) in [4.78, 5) is 9.70. The molecule has 0 radical (unpaired) electrons. The molecule has 0 saturated heterocycles. The fourth-order valence-electron chi connectivity index (χ4n) is 6.95. The lowest BCUT2D eigenvalue weighted by molar-refractivity contribution is 0.415. The number of benzene rings is 4. The molecule has 8 aromatic rings. The van der Waals surface area contributed by atoms with E-state index in [-0.39, 0.29) is 0 Å². The standard InChI is InChI=1S/C40H40N6O2/c1-47-29-9-13-35-31(21-29)39-33-23-45(19-15-27(33)7-11-37(39)43-35)25-41-17-5-3-4-6-18-42-26-46-20-16-28-8-12-38-40(34(28)24-46)32-22-30(48-2)10-14-36(32)44-38/h7-16,19-24,41-42H,3-6,17-18,25-26H2,1-2H3. The lowest BCUT2D eigenvalue weighted by atomic mass is 10.1. The zero-order valence-corrected chi connectivity index (χ0v) is 27.5. The third-order valence-electron chi connectivity index (χ3n) is 9.47. The van der Waals surface area contributed by atoms with Crippen molar-refractivity contribution in [3.8, 4) is 11.5 Å². The Balaban J connectivity index is 0.810. The largest absolute Gasteiger partial charge is 0.497 e. The topological polar surface area (TPSA) is 78.2 Å². The summed E-state index contributed by atoms with van der Waals surface area (Å²) in [5, 5.41) is 16.8. The average Bonchev–Trinajstić information content (AvgIpc) is 3.70. The van der Waals surface area contributed by atoms with Crippen molar-refractivity contribution < 1.29 is 9.47 Å². The third-order valence-corrected chi connectivity index (χ3v) is 9.47. The van der Waals surface area contributed by atoms with Crippen LogP contribution in [0.1, 0.15) is 25.7 Å². The molecule has 4 heterocycles. The number of aromatic nitrogens is 4. The first-order chi connectivity index (χ1) is 23.7. The lowest BCUT2D eigenvalue weighted by Gasteiger charge is -2.12. The number of pyridine rings is 2. The summed E-state index contributed by atoms with van der Waals surface area (Å²) in [6, 6.07) is 25.1. The minimum Gasteiger partial charge on any atom is -0.497 e. The summed E-state index contributed by atoms with van der Waals surface area (Å²) in [5.74, 6) is 1.71. The molecule has 0 unspecified atom stereocenters. The van der Waals surface area contributed by atoms with Gasteiger partial charge in [-0.05, 0) is 97.4 Å². The third kappa shape index (κ3) is 5.78. The van der Waals surface area contributed by atoms with Crippen molar-refractivity contribution in [1.29, 1.82) is 0 Å². The summed E-state index contributed by atoms with van der Waals surface area (Å²) in [7, 11) is 3.42. The molecule has 8 rings (SSSR count). The van der Waals surface area contributed by atoms with Gasteiger partial charge in [0.1, 0.15) is 11.5 Å². The summed E-state index contributed by atoms with van der Waals surface area (Å²) in [6.07, 6.45) is 13.5. The number of nitrogens with one attached hydrogen (secondary N) is 2. The van der Waals surface area contributed by atoms with Crippen molar-refractivity contribution in [1.82, 2.24) is 29.7 Å². The Morgan fingerprint density at radius 3 is 1.44 bits per heavy atom. The number of methoxy groups -OCH3 is 2. The quantitative estimate of drug-likeness (QED) is 0.124. The lowest BCUT2D eigenvalue weighted by Crippen LogP contribution is -2.20. The number of nitrogens with zero attached hydrogens (tertiary/aromatic N) is 4. The van der Waals surface area contributed by atoms with Crippen LogP contribution >= 0.6 is 0 Å². The Kier molecular flexibility index (Phi) is 8.26. The summed E-state index contributed by atoms with van der Waals surface area (Å²) < 4.78 is 15.4. The molecular weight excluding hydrogens is 596 g/mol. The molecule has 0 bridgehead atoms. The van der Waals surface area contributed by atoms with Gasteiger partial charge in [0.05, 0.1) is 49.6 Å². The van der Waals surface area contributed by atoms with Gasteiger partial charge in [-0.3, -0.25) is 10.6 Å². The predicted molar refractivity (Wildman–Crippen MR) is 197 cm³/mol. The van der Waals surface area contributed by atoms with E-state index in [0.29, 0.717) is 0 Å². The maximum Gasteiger partial charge on any atom is 0.119 e. The van der Waals surface area contributed by atoms with Crippen LogP contribution < -0.4 is 20.1 Å². The van der Waals surface area contributed by atoms with Gasteiger partial charge in [0.2, 0.25) is 0 Å². The van der Waals surface area contributed by atoms with Gasteiger partial charge in [0.25, 0.3) is 0 Å². The van der Waals surface area contributed by atoms with Gasteiger partial charge in [-0.2, -0.15) is 0 Å². The van der Waals surface area contributed by atoms with Gasteiger partial charge in [0.15, 0.2) is 0 Å². The van der Waals surface area contributed by atoms with Crippen LogP contribution in [0, 0.1) is 0 Å². The highest BCUT2D eigenvalue weighted by atomic mass is 16.5. The first-order valence-corrected chi connectivity index (χ1v) is 16.8. The molecule has 8 nitrogen and oxygen atoms in total. The van der Waals surface area contributed by atoms with Crippen LogP contribution in [0.25, 0.3) is 65.2 Å². The van der Waals surface area contributed by atoms with E-state index in [1.165, 1.54) is 45.2 Å².